The molecular weight excluding hydrogens is 338 g/mol. The SMILES string of the molecule is CC(C)Oc1cccc(C(C)NC(=O)c2cnc3n(c2=O)CCS3)c1. The molecule has 0 saturated heterocycles. The Morgan fingerprint density at radius 1 is 1.36 bits per heavy atom. The van der Waals surface area contributed by atoms with E-state index in [1.807, 2.05) is 45.0 Å². The highest BCUT2D eigenvalue weighted by atomic mass is 32.2. The molecule has 1 N–H and O–H groups in total. The van der Waals surface area contributed by atoms with Crippen LogP contribution in [-0.2, 0) is 6.54 Å². The minimum atomic E-state index is -0.410. The van der Waals surface area contributed by atoms with Gasteiger partial charge in [-0.3, -0.25) is 14.2 Å². The van der Waals surface area contributed by atoms with Crippen LogP contribution in [-0.4, -0.2) is 27.3 Å². The molecule has 1 aromatic carbocycles. The van der Waals surface area contributed by atoms with E-state index < -0.39 is 5.91 Å². The minimum absolute atomic E-state index is 0.0766. The fourth-order valence-corrected chi connectivity index (χ4v) is 3.57. The number of hydrogen-bond acceptors (Lipinski definition) is 5. The third-order valence-corrected chi connectivity index (χ3v) is 4.85. The number of hydrogen-bond donors (Lipinski definition) is 1. The van der Waals surface area contributed by atoms with Crippen molar-refractivity contribution in [2.24, 2.45) is 0 Å². The highest BCUT2D eigenvalue weighted by molar-refractivity contribution is 7.99. The first kappa shape index (κ1) is 17.5. The minimum Gasteiger partial charge on any atom is -0.491 e. The van der Waals surface area contributed by atoms with Crippen molar-refractivity contribution in [2.75, 3.05) is 5.75 Å². The lowest BCUT2D eigenvalue weighted by Gasteiger charge is -2.16. The monoisotopic (exact) mass is 359 g/mol. The van der Waals surface area contributed by atoms with E-state index in [0.29, 0.717) is 11.7 Å². The summed E-state index contributed by atoms with van der Waals surface area (Å²) in [5, 5.41) is 3.54. The molecule has 0 bridgehead atoms. The lowest BCUT2D eigenvalue weighted by atomic mass is 10.1. The van der Waals surface area contributed by atoms with Gasteiger partial charge in [-0.15, -0.1) is 0 Å². The van der Waals surface area contributed by atoms with Gasteiger partial charge in [0.2, 0.25) is 0 Å². The molecule has 3 rings (SSSR count). The maximum absolute atomic E-state index is 12.5. The van der Waals surface area contributed by atoms with Crippen LogP contribution in [0.4, 0.5) is 0 Å². The smallest absolute Gasteiger partial charge is 0.267 e. The summed E-state index contributed by atoms with van der Waals surface area (Å²) in [6.45, 7) is 6.40. The number of rotatable bonds is 5. The van der Waals surface area contributed by atoms with Crippen LogP contribution in [0, 0.1) is 0 Å². The van der Waals surface area contributed by atoms with Gasteiger partial charge < -0.3 is 10.1 Å². The Hall–Kier alpha value is -2.28. The molecule has 2 aromatic rings. The van der Waals surface area contributed by atoms with Crippen molar-refractivity contribution >= 4 is 17.7 Å². The van der Waals surface area contributed by atoms with Crippen molar-refractivity contribution in [3.05, 3.63) is 51.9 Å². The van der Waals surface area contributed by atoms with Gasteiger partial charge >= 0.3 is 0 Å². The summed E-state index contributed by atoms with van der Waals surface area (Å²) >= 11 is 1.53. The number of thioether (sulfide) groups is 1. The summed E-state index contributed by atoms with van der Waals surface area (Å²) in [7, 11) is 0. The fourth-order valence-electron chi connectivity index (χ4n) is 2.66. The van der Waals surface area contributed by atoms with E-state index in [4.69, 9.17) is 4.74 Å². The predicted octanol–water partition coefficient (Wildman–Crippen LogP) is 2.63. The maximum Gasteiger partial charge on any atom is 0.267 e. The third-order valence-electron chi connectivity index (χ3n) is 3.88. The lowest BCUT2D eigenvalue weighted by molar-refractivity contribution is 0.0936. The normalized spacial score (nSPS) is 14.2. The quantitative estimate of drug-likeness (QED) is 0.831. The highest BCUT2D eigenvalue weighted by Crippen LogP contribution is 2.22. The molecule has 0 aliphatic carbocycles. The topological polar surface area (TPSA) is 73.2 Å². The second-order valence-corrected chi connectivity index (χ2v) is 7.26. The maximum atomic E-state index is 12.5. The number of benzene rings is 1. The van der Waals surface area contributed by atoms with Gasteiger partial charge in [0.25, 0.3) is 11.5 Å². The van der Waals surface area contributed by atoms with Gasteiger partial charge in [0.05, 0.1) is 12.1 Å². The Labute approximate surface area is 150 Å². The van der Waals surface area contributed by atoms with Crippen LogP contribution >= 0.6 is 11.8 Å². The number of carbonyl (C=O) groups is 1. The molecule has 7 heteroatoms. The van der Waals surface area contributed by atoms with Crippen molar-refractivity contribution < 1.29 is 9.53 Å². The van der Waals surface area contributed by atoms with Gasteiger partial charge in [0, 0.05) is 18.5 Å². The molecule has 0 spiro atoms. The van der Waals surface area contributed by atoms with E-state index in [0.717, 1.165) is 17.1 Å². The third kappa shape index (κ3) is 3.87. The molecule has 0 radical (unpaired) electrons. The molecule has 0 fully saturated rings. The number of ether oxygens (including phenoxy) is 1. The Morgan fingerprint density at radius 3 is 2.92 bits per heavy atom. The summed E-state index contributed by atoms with van der Waals surface area (Å²) in [6.07, 6.45) is 1.45. The van der Waals surface area contributed by atoms with Crippen LogP contribution < -0.4 is 15.6 Å². The van der Waals surface area contributed by atoms with Gasteiger partial charge in [0.1, 0.15) is 11.3 Å². The first-order chi connectivity index (χ1) is 12.0. The first-order valence-corrected chi connectivity index (χ1v) is 9.24. The van der Waals surface area contributed by atoms with Crippen molar-refractivity contribution in [3.63, 3.8) is 0 Å². The Bertz CT molecular complexity index is 848. The molecule has 6 nitrogen and oxygen atoms in total. The summed E-state index contributed by atoms with van der Waals surface area (Å²) in [5.74, 6) is 1.16. The van der Waals surface area contributed by atoms with E-state index in [2.05, 4.69) is 10.3 Å². The number of nitrogens with one attached hydrogen (secondary N) is 1. The summed E-state index contributed by atoms with van der Waals surface area (Å²) < 4.78 is 7.24. The molecule has 2 heterocycles. The first-order valence-electron chi connectivity index (χ1n) is 8.26. The lowest BCUT2D eigenvalue weighted by Crippen LogP contribution is -2.34. The average molecular weight is 359 g/mol. The largest absolute Gasteiger partial charge is 0.491 e. The van der Waals surface area contributed by atoms with Crippen LogP contribution in [0.25, 0.3) is 0 Å². The molecule has 1 aromatic heterocycles. The van der Waals surface area contributed by atoms with E-state index >= 15 is 0 Å². The van der Waals surface area contributed by atoms with E-state index in [-0.39, 0.29) is 23.3 Å². The molecule has 1 unspecified atom stereocenters. The van der Waals surface area contributed by atoms with Crippen LogP contribution in [0.5, 0.6) is 5.75 Å². The van der Waals surface area contributed by atoms with E-state index in [9.17, 15) is 9.59 Å². The van der Waals surface area contributed by atoms with Crippen molar-refractivity contribution in [3.8, 4) is 5.75 Å². The van der Waals surface area contributed by atoms with E-state index in [1.165, 1.54) is 18.0 Å². The van der Waals surface area contributed by atoms with E-state index in [1.54, 1.807) is 4.57 Å². The van der Waals surface area contributed by atoms with Gasteiger partial charge in [-0.05, 0) is 38.5 Å². The van der Waals surface area contributed by atoms with Gasteiger partial charge in [-0.2, -0.15) is 0 Å². The Morgan fingerprint density at radius 2 is 2.16 bits per heavy atom. The number of nitrogens with zero attached hydrogens (tertiary/aromatic N) is 2. The standard InChI is InChI=1S/C18H21N3O3S/c1-11(2)24-14-6-4-5-13(9-14)12(3)20-16(22)15-10-19-18-21(17(15)23)7-8-25-18/h4-6,9-12H,7-8H2,1-3H3,(H,20,22). The zero-order chi connectivity index (χ0) is 18.0. The molecule has 1 atom stereocenters. The van der Waals surface area contributed by atoms with Crippen molar-refractivity contribution in [2.45, 2.75) is 44.6 Å². The fraction of sp³-hybridized carbons (Fsp3) is 0.389. The molecule has 1 aliphatic heterocycles. The number of fused-ring (bicyclic) bond motifs is 1. The summed E-state index contributed by atoms with van der Waals surface area (Å²) in [5.41, 5.74) is 0.709. The van der Waals surface area contributed by atoms with Gasteiger partial charge in [-0.25, -0.2) is 4.98 Å². The second kappa shape index (κ2) is 7.31. The Kier molecular flexibility index (Phi) is 5.13. The summed E-state index contributed by atoms with van der Waals surface area (Å²) in [4.78, 5) is 29.1. The number of aromatic nitrogens is 2. The zero-order valence-corrected chi connectivity index (χ0v) is 15.3. The van der Waals surface area contributed by atoms with Gasteiger partial charge in [-0.1, -0.05) is 23.9 Å². The average Bonchev–Trinajstić information content (AvgIpc) is 3.04. The van der Waals surface area contributed by atoms with Gasteiger partial charge in [0.15, 0.2) is 5.16 Å². The molecule has 0 saturated carbocycles. The predicted molar refractivity (Wildman–Crippen MR) is 97.3 cm³/mol. The second-order valence-electron chi connectivity index (χ2n) is 6.19. The van der Waals surface area contributed by atoms with Crippen LogP contribution in [0.1, 0.15) is 42.7 Å². The number of amides is 1. The van der Waals surface area contributed by atoms with Crippen LogP contribution in [0.15, 0.2) is 40.4 Å². The molecule has 1 amide bonds. The van der Waals surface area contributed by atoms with Crippen LogP contribution in [0.3, 0.4) is 0 Å². The molecular formula is C18H21N3O3S. The summed E-state index contributed by atoms with van der Waals surface area (Å²) in [6, 6.07) is 7.33. The Balaban J connectivity index is 1.76. The van der Waals surface area contributed by atoms with Crippen LogP contribution in [0.2, 0.25) is 0 Å². The molecule has 25 heavy (non-hydrogen) atoms. The molecule has 132 valence electrons. The molecule has 1 aliphatic rings. The van der Waals surface area contributed by atoms with Crippen molar-refractivity contribution in [1.29, 1.82) is 0 Å². The number of carbonyl (C=O) groups excluding carboxylic acids is 1. The van der Waals surface area contributed by atoms with Crippen molar-refractivity contribution in [1.82, 2.24) is 14.9 Å². The highest BCUT2D eigenvalue weighted by Gasteiger charge is 2.21. The zero-order valence-electron chi connectivity index (χ0n) is 14.5.